The number of aromatic nitrogens is 2. The Balaban J connectivity index is 1.43. The number of benzene rings is 4. The summed E-state index contributed by atoms with van der Waals surface area (Å²) in [6, 6.07) is 27.9. The minimum absolute atomic E-state index is 0.124. The standard InChI is InChI=1S/C29H22BrClN4O2S/c1-18-2-13-24(14-3-18)37-17-27-34-26-15-4-19(30)16-25(26)28(36)35(27)23-11-9-22(10-12-23)33-29(38)32-21-7-5-20(31)6-8-21/h2-16H,17H2,1H3,(H2,32,33,38). The van der Waals surface area contributed by atoms with Crippen molar-refractivity contribution in [3.63, 3.8) is 0 Å². The van der Waals surface area contributed by atoms with Gasteiger partial charge < -0.3 is 15.4 Å². The van der Waals surface area contributed by atoms with Crippen molar-refractivity contribution < 1.29 is 4.74 Å². The number of halogens is 2. The minimum atomic E-state index is -0.181. The lowest BCUT2D eigenvalue weighted by molar-refractivity contribution is 0.292. The van der Waals surface area contributed by atoms with Gasteiger partial charge in [-0.2, -0.15) is 0 Å². The number of nitrogens with zero attached hydrogens (tertiary/aromatic N) is 2. The summed E-state index contributed by atoms with van der Waals surface area (Å²) >= 11 is 14.8. The van der Waals surface area contributed by atoms with Crippen molar-refractivity contribution in [3.8, 4) is 11.4 Å². The second kappa shape index (κ2) is 11.3. The Morgan fingerprint density at radius 1 is 0.947 bits per heavy atom. The molecule has 0 saturated carbocycles. The van der Waals surface area contributed by atoms with Crippen LogP contribution >= 0.6 is 39.7 Å². The van der Waals surface area contributed by atoms with Crippen molar-refractivity contribution >= 4 is 67.1 Å². The summed E-state index contributed by atoms with van der Waals surface area (Å²) in [6.45, 7) is 2.14. The fourth-order valence-electron chi connectivity index (χ4n) is 3.87. The molecule has 0 atom stereocenters. The van der Waals surface area contributed by atoms with Crippen LogP contribution in [-0.4, -0.2) is 14.7 Å². The highest BCUT2D eigenvalue weighted by atomic mass is 79.9. The molecule has 0 saturated heterocycles. The first-order chi connectivity index (χ1) is 18.4. The Kier molecular flexibility index (Phi) is 7.74. The van der Waals surface area contributed by atoms with Gasteiger partial charge in [-0.1, -0.05) is 45.2 Å². The highest BCUT2D eigenvalue weighted by Crippen LogP contribution is 2.21. The molecule has 1 heterocycles. The third-order valence-corrected chi connectivity index (χ3v) is 6.72. The SMILES string of the molecule is Cc1ccc(OCc2nc3ccc(Br)cc3c(=O)n2-c2ccc(NC(=S)Nc3ccc(Cl)cc3)cc2)cc1. The molecule has 5 aromatic rings. The van der Waals surface area contributed by atoms with Gasteiger partial charge in [-0.15, -0.1) is 0 Å². The van der Waals surface area contributed by atoms with Crippen molar-refractivity contribution in [1.29, 1.82) is 0 Å². The molecule has 0 bridgehead atoms. The number of ether oxygens (including phenoxy) is 1. The number of nitrogens with one attached hydrogen (secondary N) is 2. The predicted octanol–water partition coefficient (Wildman–Crippen LogP) is 7.50. The second-order valence-corrected chi connectivity index (χ2v) is 10.3. The number of anilines is 2. The van der Waals surface area contributed by atoms with Crippen molar-refractivity contribution in [2.24, 2.45) is 0 Å². The molecule has 4 aromatic carbocycles. The van der Waals surface area contributed by atoms with Crippen molar-refractivity contribution in [3.05, 3.63) is 122 Å². The zero-order valence-electron chi connectivity index (χ0n) is 20.2. The van der Waals surface area contributed by atoms with Gasteiger partial charge >= 0.3 is 0 Å². The van der Waals surface area contributed by atoms with Crippen LogP contribution < -0.4 is 20.9 Å². The Hall–Kier alpha value is -3.72. The lowest BCUT2D eigenvalue weighted by atomic mass is 10.2. The molecule has 0 spiro atoms. The van der Waals surface area contributed by atoms with Crippen LogP contribution in [0.5, 0.6) is 5.75 Å². The van der Waals surface area contributed by atoms with Crippen LogP contribution in [0.4, 0.5) is 11.4 Å². The van der Waals surface area contributed by atoms with Gasteiger partial charge in [-0.25, -0.2) is 4.98 Å². The molecule has 0 aliphatic heterocycles. The predicted molar refractivity (Wildman–Crippen MR) is 162 cm³/mol. The van der Waals surface area contributed by atoms with E-state index in [-0.39, 0.29) is 12.2 Å². The highest BCUT2D eigenvalue weighted by molar-refractivity contribution is 9.10. The summed E-state index contributed by atoms with van der Waals surface area (Å²) in [5, 5.41) is 7.87. The molecule has 0 radical (unpaired) electrons. The Morgan fingerprint density at radius 3 is 2.24 bits per heavy atom. The lowest BCUT2D eigenvalue weighted by Crippen LogP contribution is -2.25. The van der Waals surface area contributed by atoms with Crippen LogP contribution in [0, 0.1) is 6.92 Å². The van der Waals surface area contributed by atoms with E-state index in [0.717, 1.165) is 21.4 Å². The Bertz CT molecular complexity index is 1670. The molecule has 38 heavy (non-hydrogen) atoms. The number of aryl methyl sites for hydroxylation is 1. The summed E-state index contributed by atoms with van der Waals surface area (Å²) < 4.78 is 8.39. The minimum Gasteiger partial charge on any atom is -0.486 e. The summed E-state index contributed by atoms with van der Waals surface area (Å²) in [4.78, 5) is 18.4. The van der Waals surface area contributed by atoms with Crippen LogP contribution in [0.2, 0.25) is 5.02 Å². The zero-order valence-corrected chi connectivity index (χ0v) is 23.4. The van der Waals surface area contributed by atoms with E-state index in [1.165, 1.54) is 0 Å². The lowest BCUT2D eigenvalue weighted by Gasteiger charge is -2.16. The molecule has 0 fully saturated rings. The summed E-state index contributed by atoms with van der Waals surface area (Å²) in [7, 11) is 0. The molecule has 9 heteroatoms. The van der Waals surface area contributed by atoms with E-state index in [0.29, 0.717) is 38.3 Å². The van der Waals surface area contributed by atoms with Crippen LogP contribution in [0.1, 0.15) is 11.4 Å². The van der Waals surface area contributed by atoms with Gasteiger partial charge in [0.1, 0.15) is 12.4 Å². The first-order valence-corrected chi connectivity index (χ1v) is 13.3. The van der Waals surface area contributed by atoms with Gasteiger partial charge in [-0.05, 0) is 98.0 Å². The normalized spacial score (nSPS) is 10.8. The maximum atomic E-state index is 13.6. The van der Waals surface area contributed by atoms with Gasteiger partial charge in [-0.3, -0.25) is 9.36 Å². The number of rotatable bonds is 6. The molecule has 190 valence electrons. The number of fused-ring (bicyclic) bond motifs is 1. The first-order valence-electron chi connectivity index (χ1n) is 11.7. The number of thiocarbonyl (C=S) groups is 1. The van der Waals surface area contributed by atoms with Crippen LogP contribution in [-0.2, 0) is 6.61 Å². The highest BCUT2D eigenvalue weighted by Gasteiger charge is 2.14. The van der Waals surface area contributed by atoms with E-state index in [4.69, 9.17) is 33.5 Å². The van der Waals surface area contributed by atoms with Crippen molar-refractivity contribution in [2.75, 3.05) is 10.6 Å². The maximum absolute atomic E-state index is 13.6. The first kappa shape index (κ1) is 25.9. The third-order valence-electron chi connectivity index (χ3n) is 5.77. The van der Waals surface area contributed by atoms with Gasteiger partial charge in [0.2, 0.25) is 0 Å². The van der Waals surface area contributed by atoms with Crippen LogP contribution in [0.15, 0.2) is 100 Å². The number of hydrogen-bond acceptors (Lipinski definition) is 4. The van der Waals surface area contributed by atoms with Crippen LogP contribution in [0.25, 0.3) is 16.6 Å². The van der Waals surface area contributed by atoms with Gasteiger partial charge in [0.15, 0.2) is 10.9 Å². The molecule has 1 aromatic heterocycles. The van der Waals surface area contributed by atoms with E-state index < -0.39 is 0 Å². The fraction of sp³-hybridized carbons (Fsp3) is 0.0690. The molecule has 0 amide bonds. The summed E-state index contributed by atoms with van der Waals surface area (Å²) in [5.41, 5.74) is 3.81. The van der Waals surface area contributed by atoms with Crippen molar-refractivity contribution in [1.82, 2.24) is 9.55 Å². The fourth-order valence-corrected chi connectivity index (χ4v) is 4.59. The van der Waals surface area contributed by atoms with E-state index in [9.17, 15) is 4.79 Å². The molecule has 0 aliphatic rings. The van der Waals surface area contributed by atoms with E-state index in [2.05, 4.69) is 26.6 Å². The maximum Gasteiger partial charge on any atom is 0.266 e. The third kappa shape index (κ3) is 6.05. The van der Waals surface area contributed by atoms with Gasteiger partial charge in [0.25, 0.3) is 5.56 Å². The molecule has 0 unspecified atom stereocenters. The van der Waals surface area contributed by atoms with Crippen molar-refractivity contribution in [2.45, 2.75) is 13.5 Å². The molecule has 5 rings (SSSR count). The molecule has 0 aliphatic carbocycles. The Morgan fingerprint density at radius 2 is 1.58 bits per heavy atom. The van der Waals surface area contributed by atoms with E-state index >= 15 is 0 Å². The van der Waals surface area contributed by atoms with E-state index in [1.54, 1.807) is 22.8 Å². The monoisotopic (exact) mass is 604 g/mol. The molecular weight excluding hydrogens is 584 g/mol. The molecule has 6 nitrogen and oxygen atoms in total. The molecular formula is C29H22BrClN4O2S. The second-order valence-electron chi connectivity index (χ2n) is 8.56. The smallest absolute Gasteiger partial charge is 0.266 e. The average molecular weight is 606 g/mol. The largest absolute Gasteiger partial charge is 0.486 e. The number of hydrogen-bond donors (Lipinski definition) is 2. The van der Waals surface area contributed by atoms with Gasteiger partial charge in [0, 0.05) is 20.9 Å². The zero-order chi connectivity index (χ0) is 26.6. The summed E-state index contributed by atoms with van der Waals surface area (Å²) in [6.07, 6.45) is 0. The summed E-state index contributed by atoms with van der Waals surface area (Å²) in [5.74, 6) is 1.19. The Labute approximate surface area is 238 Å². The van der Waals surface area contributed by atoms with E-state index in [1.807, 2.05) is 79.7 Å². The topological polar surface area (TPSA) is 68.2 Å². The van der Waals surface area contributed by atoms with Crippen LogP contribution in [0.3, 0.4) is 0 Å². The van der Waals surface area contributed by atoms with Gasteiger partial charge in [0.05, 0.1) is 16.6 Å². The average Bonchev–Trinajstić information content (AvgIpc) is 2.91. The molecule has 2 N–H and O–H groups in total. The quantitative estimate of drug-likeness (QED) is 0.195.